The van der Waals surface area contributed by atoms with Crippen LogP contribution in [0.2, 0.25) is 0 Å². The van der Waals surface area contributed by atoms with E-state index in [1.807, 2.05) is 0 Å². The summed E-state index contributed by atoms with van der Waals surface area (Å²) in [5.41, 5.74) is 12.7. The summed E-state index contributed by atoms with van der Waals surface area (Å²) in [7, 11) is 5.02. The van der Waals surface area contributed by atoms with Gasteiger partial charge in [-0.05, 0) is 43.8 Å². The molecule has 2 aliphatic heterocycles. The Hall–Kier alpha value is -5.62. The number of allylic oxidation sites excluding steroid dienone is 4. The Morgan fingerprint density at radius 1 is 0.397 bits per heavy atom. The van der Waals surface area contributed by atoms with Crippen LogP contribution in [0.25, 0.3) is 54.6 Å². The van der Waals surface area contributed by atoms with Crippen molar-refractivity contribution in [2.75, 3.05) is 66.7 Å². The van der Waals surface area contributed by atoms with Gasteiger partial charge in [-0.3, -0.25) is 0 Å². The molecule has 0 spiro atoms. The summed E-state index contributed by atoms with van der Waals surface area (Å²) in [5.74, 6) is 0. The van der Waals surface area contributed by atoms with E-state index in [9.17, 15) is 0 Å². The van der Waals surface area contributed by atoms with Crippen LogP contribution in [0.15, 0.2) is 180 Å². The largest absolute Gasteiger partial charge is 0.370 e. The number of hydrogen-bond acceptors (Lipinski definition) is 2. The topological polar surface area (TPSA) is 18.5 Å². The quantitative estimate of drug-likeness (QED) is 0.124. The summed E-state index contributed by atoms with van der Waals surface area (Å²) in [5, 5.41) is 8.01. The molecule has 12 rings (SSSR count). The lowest BCUT2D eigenvalue weighted by Crippen LogP contribution is -2.64. The van der Waals surface area contributed by atoms with Gasteiger partial charge < -0.3 is 18.4 Å². The van der Waals surface area contributed by atoms with Crippen LogP contribution in [0, 0.1) is 0 Å². The van der Waals surface area contributed by atoms with Crippen molar-refractivity contribution < 1.29 is 18.4 Å². The van der Waals surface area contributed by atoms with Crippen molar-refractivity contribution >= 4 is 32.3 Å². The number of fused-ring (bicyclic) bond motifs is 7. The molecule has 6 aromatic rings. The fourth-order valence-corrected chi connectivity index (χ4v) is 12.5. The van der Waals surface area contributed by atoms with Crippen LogP contribution >= 0.6 is 0 Å². The minimum absolute atomic E-state index is 0.434. The molecule has 4 aliphatic carbocycles. The average Bonchev–Trinajstić information content (AvgIpc) is 4.05. The number of likely N-dealkylation sites (N-methyl/N-ethyl adjacent to an activating group) is 2. The minimum Gasteiger partial charge on any atom is -0.370 e. The highest BCUT2D eigenvalue weighted by molar-refractivity contribution is 6.27. The van der Waals surface area contributed by atoms with E-state index in [0.29, 0.717) is 0 Å². The van der Waals surface area contributed by atoms with Gasteiger partial charge in [-0.1, -0.05) is 158 Å². The summed E-state index contributed by atoms with van der Waals surface area (Å²) in [6.07, 6.45) is 19.4. The van der Waals surface area contributed by atoms with Gasteiger partial charge in [0, 0.05) is 44.2 Å². The van der Waals surface area contributed by atoms with Gasteiger partial charge in [0.25, 0.3) is 0 Å². The molecule has 0 radical (unpaired) electrons. The highest BCUT2D eigenvalue weighted by Crippen LogP contribution is 2.64. The Bertz CT molecular complexity index is 2670. The van der Waals surface area contributed by atoms with Crippen molar-refractivity contribution in [1.29, 1.82) is 0 Å². The molecule has 4 bridgehead atoms. The fourth-order valence-electron chi connectivity index (χ4n) is 12.5. The van der Waals surface area contributed by atoms with Gasteiger partial charge in [-0.25, -0.2) is 0 Å². The molecule has 0 unspecified atom stereocenters. The smallest absolute Gasteiger partial charge is 0.177 e. The summed E-state index contributed by atoms with van der Waals surface area (Å²) in [6.45, 7) is 6.67. The molecular weight excluding hydrogens is 709 g/mol. The Balaban J connectivity index is 1.41. The summed E-state index contributed by atoms with van der Waals surface area (Å²) in [4.78, 5) is 0. The number of quaternary nitrogens is 2. The third-order valence-corrected chi connectivity index (χ3v) is 15.0. The lowest BCUT2D eigenvalue weighted by molar-refractivity contribution is -0.960. The molecule has 0 amide bonds. The zero-order valence-electron chi connectivity index (χ0n) is 33.4. The van der Waals surface area contributed by atoms with Crippen LogP contribution in [0.1, 0.15) is 11.1 Å². The van der Waals surface area contributed by atoms with Gasteiger partial charge in [0.05, 0.1) is 40.5 Å². The Labute approximate surface area is 340 Å². The summed E-state index contributed by atoms with van der Waals surface area (Å²) in [6, 6.07) is 41.4. The number of nitrogens with zero attached hydrogens (tertiary/aromatic N) is 2. The predicted octanol–water partition coefficient (Wildman–Crippen LogP) is 10.7. The first kappa shape index (κ1) is 34.4. The number of ether oxygens (including phenoxy) is 2. The second-order valence-corrected chi connectivity index (χ2v) is 17.6. The molecule has 0 N–H and O–H groups in total. The van der Waals surface area contributed by atoms with Gasteiger partial charge in [-0.15, -0.1) is 0 Å². The second kappa shape index (κ2) is 12.4. The molecule has 4 nitrogen and oxygen atoms in total. The van der Waals surface area contributed by atoms with Gasteiger partial charge in [0.1, 0.15) is 26.2 Å². The van der Waals surface area contributed by atoms with Gasteiger partial charge >= 0.3 is 0 Å². The normalized spacial score (nSPS) is 21.8. The Kier molecular flexibility index (Phi) is 7.38. The Morgan fingerprint density at radius 2 is 0.707 bits per heavy atom. The van der Waals surface area contributed by atoms with Crippen molar-refractivity contribution in [1.82, 2.24) is 0 Å². The van der Waals surface area contributed by atoms with E-state index in [1.54, 1.807) is 0 Å². The fraction of sp³-hybridized carbons (Fsp3) is 0.222. The molecule has 58 heavy (non-hydrogen) atoms. The molecule has 284 valence electrons. The average molecular weight is 757 g/mol. The molecule has 0 saturated carbocycles. The molecule has 6 aliphatic rings. The van der Waals surface area contributed by atoms with E-state index >= 15 is 0 Å². The SMILES string of the molecule is C[N+]1(C2(c3c4ccccc4c(-c4ccccc4)c4c(C5([N+]6(C)CCOCC6)C6=CC=C5C=C6)c5ccccc5c(-c5ccccc5)c34)C3=CC=C2C=C3)CCOCC1. The standard InChI is InChI=1S/C54H48N2O2/c1-55(29-33-57-34-30-55)53(39-21-22-40(53)24-23-39)51-45-19-11-9-17-43(45)48(38-15-7-4-8-16-38)50-49(51)47(37-13-5-3-6-14-37)44-18-10-12-20-46(44)52(50)54(41-25-26-42(54)28-27-41)56(2)31-35-58-36-32-56/h3-28H,29-36H2,1-2H3/q+2. The van der Waals surface area contributed by atoms with Crippen LogP contribution < -0.4 is 0 Å². The molecule has 2 fully saturated rings. The summed E-state index contributed by atoms with van der Waals surface area (Å²) < 4.78 is 14.1. The number of hydrogen-bond donors (Lipinski definition) is 0. The molecular formula is C54H48N2O2+2. The molecule has 4 heteroatoms. The zero-order chi connectivity index (χ0) is 38.7. The number of morpholine rings is 2. The van der Waals surface area contributed by atoms with Crippen LogP contribution in [-0.2, 0) is 20.6 Å². The maximum absolute atomic E-state index is 6.20. The lowest BCUT2D eigenvalue weighted by atomic mass is 9.67. The summed E-state index contributed by atoms with van der Waals surface area (Å²) >= 11 is 0. The van der Waals surface area contributed by atoms with Crippen LogP contribution in [0.4, 0.5) is 0 Å². The van der Waals surface area contributed by atoms with Gasteiger partial charge in [0.2, 0.25) is 0 Å². The number of rotatable bonds is 6. The zero-order valence-corrected chi connectivity index (χ0v) is 33.4. The van der Waals surface area contributed by atoms with E-state index in [4.69, 9.17) is 9.47 Å². The maximum atomic E-state index is 6.20. The van der Waals surface area contributed by atoms with Crippen molar-refractivity contribution in [2.24, 2.45) is 0 Å². The predicted molar refractivity (Wildman–Crippen MR) is 237 cm³/mol. The molecule has 0 aromatic heterocycles. The molecule has 6 aromatic carbocycles. The van der Waals surface area contributed by atoms with Crippen molar-refractivity contribution in [2.45, 2.75) is 11.1 Å². The second-order valence-electron chi connectivity index (χ2n) is 17.6. The highest BCUT2D eigenvalue weighted by atomic mass is 16.5. The lowest BCUT2D eigenvalue weighted by Gasteiger charge is -2.53. The van der Waals surface area contributed by atoms with Crippen molar-refractivity contribution in [3.63, 3.8) is 0 Å². The third kappa shape index (κ3) is 4.23. The first-order chi connectivity index (χ1) is 28.5. The first-order valence-electron chi connectivity index (χ1n) is 21.1. The van der Waals surface area contributed by atoms with Crippen molar-refractivity contribution in [3.8, 4) is 22.3 Å². The van der Waals surface area contributed by atoms with E-state index in [1.165, 1.54) is 88.0 Å². The van der Waals surface area contributed by atoms with E-state index in [2.05, 4.69) is 172 Å². The van der Waals surface area contributed by atoms with Crippen LogP contribution in [-0.4, -0.2) is 75.7 Å². The van der Waals surface area contributed by atoms with E-state index in [-0.39, 0.29) is 0 Å². The molecule has 0 atom stereocenters. The van der Waals surface area contributed by atoms with E-state index < -0.39 is 11.1 Å². The van der Waals surface area contributed by atoms with Gasteiger partial charge in [-0.2, -0.15) is 0 Å². The maximum Gasteiger partial charge on any atom is 0.177 e. The molecule has 2 heterocycles. The highest BCUT2D eigenvalue weighted by Gasteiger charge is 2.62. The van der Waals surface area contributed by atoms with E-state index in [0.717, 1.165) is 61.6 Å². The minimum atomic E-state index is -0.434. The Morgan fingerprint density at radius 3 is 1.03 bits per heavy atom. The number of benzene rings is 6. The first-order valence-corrected chi connectivity index (χ1v) is 21.1. The van der Waals surface area contributed by atoms with Crippen LogP contribution in [0.5, 0.6) is 0 Å². The van der Waals surface area contributed by atoms with Crippen LogP contribution in [0.3, 0.4) is 0 Å². The third-order valence-electron chi connectivity index (χ3n) is 15.0. The monoisotopic (exact) mass is 756 g/mol. The van der Waals surface area contributed by atoms with Gasteiger partial charge in [0.15, 0.2) is 11.1 Å². The van der Waals surface area contributed by atoms with Crippen molar-refractivity contribution in [3.05, 3.63) is 191 Å². The molecule has 2 saturated heterocycles.